The maximum absolute atomic E-state index is 12.9. The number of piperidine rings is 1. The van der Waals surface area contributed by atoms with Crippen LogP contribution in [-0.2, 0) is 14.4 Å². The van der Waals surface area contributed by atoms with Gasteiger partial charge in [0.25, 0.3) is 5.91 Å². The summed E-state index contributed by atoms with van der Waals surface area (Å²) in [5.74, 6) is 0.681. The summed E-state index contributed by atoms with van der Waals surface area (Å²) in [4.78, 5) is 32.7. The van der Waals surface area contributed by atoms with E-state index in [0.717, 1.165) is 16.8 Å². The highest BCUT2D eigenvalue weighted by molar-refractivity contribution is 6.40. The molecule has 1 saturated carbocycles. The lowest BCUT2D eigenvalue weighted by atomic mass is 10.0. The molecular weight excluding hydrogens is 506 g/mol. The van der Waals surface area contributed by atoms with Crippen LogP contribution in [0.2, 0.25) is 5.02 Å². The molecular formula is C28H30ClN5O4. The maximum atomic E-state index is 12.9. The zero-order valence-corrected chi connectivity index (χ0v) is 22.3. The number of hydrogen-bond acceptors (Lipinski definition) is 7. The van der Waals surface area contributed by atoms with Crippen LogP contribution in [0.1, 0.15) is 31.9 Å². The summed E-state index contributed by atoms with van der Waals surface area (Å²) in [6, 6.07) is 13.4. The second-order valence-corrected chi connectivity index (χ2v) is 11.5. The minimum Gasteiger partial charge on any atom is -0.444 e. The number of rotatable bonds is 5. The van der Waals surface area contributed by atoms with E-state index in [1.54, 1.807) is 23.1 Å². The summed E-state index contributed by atoms with van der Waals surface area (Å²) < 4.78 is 5.48. The maximum Gasteiger partial charge on any atom is 0.410 e. The number of para-hydroxylation sites is 1. The molecule has 2 atom stereocenters. The van der Waals surface area contributed by atoms with Crippen LogP contribution >= 0.6 is 11.6 Å². The van der Waals surface area contributed by atoms with Crippen LogP contribution in [0.5, 0.6) is 0 Å². The molecule has 1 saturated heterocycles. The van der Waals surface area contributed by atoms with Crippen molar-refractivity contribution in [1.82, 2.24) is 10.2 Å². The van der Waals surface area contributed by atoms with Crippen molar-refractivity contribution in [2.75, 3.05) is 36.9 Å². The molecule has 0 bridgehead atoms. The molecule has 3 N–H and O–H groups in total. The van der Waals surface area contributed by atoms with Crippen LogP contribution in [0.25, 0.3) is 5.57 Å². The summed E-state index contributed by atoms with van der Waals surface area (Å²) in [5.41, 5.74) is 4.34. The Hall–Kier alpha value is -3.56. The molecule has 10 heteroatoms. The molecule has 6 rings (SSSR count). The number of amides is 2. The third-order valence-corrected chi connectivity index (χ3v) is 7.46. The van der Waals surface area contributed by atoms with Crippen molar-refractivity contribution >= 4 is 46.3 Å². The highest BCUT2D eigenvalue weighted by Crippen LogP contribution is 2.45. The highest BCUT2D eigenvalue weighted by atomic mass is 35.5. The van der Waals surface area contributed by atoms with Crippen molar-refractivity contribution in [3.63, 3.8) is 0 Å². The molecule has 2 aromatic carbocycles. The molecule has 2 unspecified atom stereocenters. The Kier molecular flexibility index (Phi) is 6.07. The predicted molar refractivity (Wildman–Crippen MR) is 146 cm³/mol. The molecule has 38 heavy (non-hydrogen) atoms. The van der Waals surface area contributed by atoms with Crippen molar-refractivity contribution < 1.29 is 19.2 Å². The molecule has 1 aliphatic carbocycles. The molecule has 0 aromatic heterocycles. The van der Waals surface area contributed by atoms with Gasteiger partial charge in [-0.3, -0.25) is 4.79 Å². The van der Waals surface area contributed by atoms with E-state index in [0.29, 0.717) is 71.8 Å². The van der Waals surface area contributed by atoms with Gasteiger partial charge in [-0.2, -0.15) is 0 Å². The largest absolute Gasteiger partial charge is 0.444 e. The standard InChI is InChI=1S/C28H30ClN5O4/c1-28(2,3)38-27(36)34-13-18-19(14-34)23(18)30-10-11-37-33-24-16-6-4-5-7-20(16)31-25(24)22-17-12-15(29)8-9-21(17)32-26(22)35/h4-9,12,18-19,23,30-31H,10-11,13-14H2,1-3H3,(H,32,35)/b25-22-,33-24+. The van der Waals surface area contributed by atoms with Gasteiger partial charge in [0.1, 0.15) is 17.9 Å². The molecule has 0 radical (unpaired) electrons. The topological polar surface area (TPSA) is 104 Å². The Labute approximate surface area is 226 Å². The monoisotopic (exact) mass is 535 g/mol. The van der Waals surface area contributed by atoms with Crippen molar-refractivity contribution in [3.05, 3.63) is 64.3 Å². The number of nitrogens with one attached hydrogen (secondary N) is 3. The lowest BCUT2D eigenvalue weighted by molar-refractivity contribution is -0.110. The van der Waals surface area contributed by atoms with Gasteiger partial charge in [-0.1, -0.05) is 35.0 Å². The van der Waals surface area contributed by atoms with E-state index in [9.17, 15) is 9.59 Å². The SMILES string of the molecule is CC(C)(C)OC(=O)N1CC2C(C1)C2NCCO/N=C1/C(=C2/C(=O)Nc3ccc(Cl)cc32)Nc2ccccc21. The Morgan fingerprint density at radius 2 is 1.84 bits per heavy atom. The number of fused-ring (bicyclic) bond motifs is 3. The number of anilines is 2. The van der Waals surface area contributed by atoms with E-state index in [-0.39, 0.29) is 12.0 Å². The number of carbonyl (C=O) groups excluding carboxylic acids is 2. The predicted octanol–water partition coefficient (Wildman–Crippen LogP) is 4.30. The van der Waals surface area contributed by atoms with Crippen molar-refractivity contribution in [2.45, 2.75) is 32.4 Å². The number of nitrogens with zero attached hydrogens (tertiary/aromatic N) is 2. The average Bonchev–Trinajstić information content (AvgIpc) is 3.19. The average molecular weight is 536 g/mol. The first-order chi connectivity index (χ1) is 18.2. The molecule has 198 valence electrons. The molecule has 3 aliphatic heterocycles. The first-order valence-electron chi connectivity index (χ1n) is 12.8. The van der Waals surface area contributed by atoms with Crippen molar-refractivity contribution in [1.29, 1.82) is 0 Å². The van der Waals surface area contributed by atoms with Crippen LogP contribution in [0.3, 0.4) is 0 Å². The Balaban J connectivity index is 1.09. The first kappa shape index (κ1) is 24.8. The number of benzene rings is 2. The van der Waals surface area contributed by atoms with Gasteiger partial charge in [0.15, 0.2) is 0 Å². The second kappa shape index (κ2) is 9.32. The van der Waals surface area contributed by atoms with Gasteiger partial charge >= 0.3 is 6.09 Å². The summed E-state index contributed by atoms with van der Waals surface area (Å²) in [5, 5.41) is 14.8. The van der Waals surface area contributed by atoms with Gasteiger partial charge in [-0.05, 0) is 56.9 Å². The number of hydrogen-bond donors (Lipinski definition) is 3. The van der Waals surface area contributed by atoms with Gasteiger partial charge in [-0.25, -0.2) is 4.79 Å². The lowest BCUT2D eigenvalue weighted by Gasteiger charge is -2.26. The Morgan fingerprint density at radius 3 is 2.61 bits per heavy atom. The fraction of sp³-hybridized carbons (Fsp3) is 0.393. The number of carbonyl (C=O) groups is 2. The van der Waals surface area contributed by atoms with E-state index in [1.165, 1.54) is 0 Å². The fourth-order valence-electron chi connectivity index (χ4n) is 5.48. The fourth-order valence-corrected chi connectivity index (χ4v) is 5.65. The highest BCUT2D eigenvalue weighted by Gasteiger charge is 2.56. The minimum absolute atomic E-state index is 0.215. The van der Waals surface area contributed by atoms with Crippen LogP contribution in [0.15, 0.2) is 53.3 Å². The van der Waals surface area contributed by atoms with Gasteiger partial charge in [0, 0.05) is 53.2 Å². The Morgan fingerprint density at radius 1 is 1.11 bits per heavy atom. The normalized spacial score (nSPS) is 26.0. The summed E-state index contributed by atoms with van der Waals surface area (Å²) in [7, 11) is 0. The quantitative estimate of drug-likeness (QED) is 0.299. The van der Waals surface area contributed by atoms with E-state index < -0.39 is 5.60 Å². The second-order valence-electron chi connectivity index (χ2n) is 11.0. The summed E-state index contributed by atoms with van der Waals surface area (Å²) in [6.07, 6.45) is -0.237. The van der Waals surface area contributed by atoms with Gasteiger partial charge < -0.3 is 30.4 Å². The third kappa shape index (κ3) is 4.61. The number of likely N-dealkylation sites (tertiary alicyclic amines) is 1. The summed E-state index contributed by atoms with van der Waals surface area (Å²) >= 11 is 6.23. The lowest BCUT2D eigenvalue weighted by Crippen LogP contribution is -2.39. The van der Waals surface area contributed by atoms with Crippen molar-refractivity contribution in [2.24, 2.45) is 17.0 Å². The van der Waals surface area contributed by atoms with Crippen LogP contribution < -0.4 is 16.0 Å². The molecule has 9 nitrogen and oxygen atoms in total. The van der Waals surface area contributed by atoms with E-state index in [2.05, 4.69) is 21.1 Å². The van der Waals surface area contributed by atoms with E-state index in [4.69, 9.17) is 21.2 Å². The van der Waals surface area contributed by atoms with Gasteiger partial charge in [-0.15, -0.1) is 0 Å². The Bertz CT molecular complexity index is 1370. The van der Waals surface area contributed by atoms with E-state index in [1.807, 2.05) is 45.0 Å². The molecule has 2 aromatic rings. The number of halogens is 1. The van der Waals surface area contributed by atoms with Gasteiger partial charge in [0.2, 0.25) is 0 Å². The third-order valence-electron chi connectivity index (χ3n) is 7.23. The molecule has 4 aliphatic rings. The molecule has 3 heterocycles. The zero-order chi connectivity index (χ0) is 26.6. The van der Waals surface area contributed by atoms with Gasteiger partial charge in [0.05, 0.1) is 11.3 Å². The number of allylic oxidation sites excluding steroid dienone is 1. The number of ether oxygens (including phenoxy) is 1. The number of oxime groups is 1. The summed E-state index contributed by atoms with van der Waals surface area (Å²) in [6.45, 7) is 8.07. The van der Waals surface area contributed by atoms with Crippen molar-refractivity contribution in [3.8, 4) is 0 Å². The van der Waals surface area contributed by atoms with Crippen LogP contribution in [0, 0.1) is 11.8 Å². The van der Waals surface area contributed by atoms with E-state index >= 15 is 0 Å². The molecule has 2 fully saturated rings. The molecule has 0 spiro atoms. The van der Waals surface area contributed by atoms with Crippen LogP contribution in [-0.4, -0.2) is 60.5 Å². The zero-order valence-electron chi connectivity index (χ0n) is 21.5. The smallest absolute Gasteiger partial charge is 0.410 e. The first-order valence-corrected chi connectivity index (χ1v) is 13.2. The van der Waals surface area contributed by atoms with Crippen LogP contribution in [0.4, 0.5) is 16.2 Å². The minimum atomic E-state index is -0.483. The molecule has 2 amide bonds.